The number of nitrogen functional groups attached to an aromatic ring is 1. The number of nitrogens with two attached hydrogens (primary N) is 1. The van der Waals surface area contributed by atoms with Crippen molar-refractivity contribution >= 4 is 23.2 Å². The van der Waals surface area contributed by atoms with Crippen LogP contribution in [0.15, 0.2) is 42.5 Å². The van der Waals surface area contributed by atoms with Crippen molar-refractivity contribution < 1.29 is 9.53 Å². The highest BCUT2D eigenvalue weighted by atomic mass is 35.5. The molecule has 0 saturated heterocycles. The van der Waals surface area contributed by atoms with Gasteiger partial charge in [-0.25, -0.2) is 0 Å². The summed E-state index contributed by atoms with van der Waals surface area (Å²) in [5.41, 5.74) is 7.47. The van der Waals surface area contributed by atoms with Crippen molar-refractivity contribution in [2.75, 3.05) is 12.8 Å². The summed E-state index contributed by atoms with van der Waals surface area (Å²) in [7, 11) is 1.60. The van der Waals surface area contributed by atoms with Crippen LogP contribution in [0, 0.1) is 0 Å². The molecule has 0 heterocycles. The zero-order valence-electron chi connectivity index (χ0n) is 11.9. The zero-order chi connectivity index (χ0) is 15.4. The van der Waals surface area contributed by atoms with Gasteiger partial charge in [0.2, 0.25) is 0 Å². The van der Waals surface area contributed by atoms with E-state index < -0.39 is 0 Å². The van der Waals surface area contributed by atoms with E-state index in [1.807, 2.05) is 31.2 Å². The summed E-state index contributed by atoms with van der Waals surface area (Å²) in [6.07, 6.45) is 0. The van der Waals surface area contributed by atoms with Gasteiger partial charge >= 0.3 is 0 Å². The lowest BCUT2D eigenvalue weighted by Crippen LogP contribution is -2.26. The van der Waals surface area contributed by atoms with Crippen molar-refractivity contribution in [2.24, 2.45) is 0 Å². The van der Waals surface area contributed by atoms with E-state index in [9.17, 15) is 4.79 Å². The fraction of sp³-hybridized carbons (Fsp3) is 0.188. The minimum absolute atomic E-state index is 0.190. The van der Waals surface area contributed by atoms with E-state index in [1.165, 1.54) is 0 Å². The Morgan fingerprint density at radius 1 is 1.29 bits per heavy atom. The van der Waals surface area contributed by atoms with E-state index in [4.69, 9.17) is 22.1 Å². The summed E-state index contributed by atoms with van der Waals surface area (Å²) in [6.45, 7) is 1.90. The Morgan fingerprint density at radius 2 is 2.00 bits per heavy atom. The molecule has 0 aliphatic rings. The monoisotopic (exact) mass is 304 g/mol. The van der Waals surface area contributed by atoms with Crippen molar-refractivity contribution in [1.82, 2.24) is 5.32 Å². The van der Waals surface area contributed by atoms with Crippen LogP contribution in [0.4, 0.5) is 5.69 Å². The maximum atomic E-state index is 12.2. The smallest absolute Gasteiger partial charge is 0.251 e. The number of hydrogen-bond donors (Lipinski definition) is 2. The molecule has 0 radical (unpaired) electrons. The molecule has 21 heavy (non-hydrogen) atoms. The van der Waals surface area contributed by atoms with Crippen LogP contribution in [-0.2, 0) is 0 Å². The molecule has 0 aliphatic heterocycles. The Bertz CT molecular complexity index is 658. The van der Waals surface area contributed by atoms with Crippen molar-refractivity contribution in [3.05, 3.63) is 58.6 Å². The fourth-order valence-electron chi connectivity index (χ4n) is 2.05. The molecule has 0 spiro atoms. The molecule has 2 aromatic rings. The van der Waals surface area contributed by atoms with Gasteiger partial charge in [0.05, 0.1) is 23.9 Å². The third kappa shape index (κ3) is 3.47. The van der Waals surface area contributed by atoms with Crippen LogP contribution in [0.2, 0.25) is 5.02 Å². The van der Waals surface area contributed by atoms with E-state index in [0.717, 1.165) is 11.3 Å². The number of benzene rings is 2. The molecule has 4 nitrogen and oxygen atoms in total. The minimum atomic E-state index is -0.213. The number of amides is 1. The quantitative estimate of drug-likeness (QED) is 0.851. The lowest BCUT2D eigenvalue weighted by Gasteiger charge is -2.17. The number of methoxy groups -OCH3 is 1. The van der Waals surface area contributed by atoms with Gasteiger partial charge in [0.15, 0.2) is 0 Å². The number of carbonyl (C=O) groups is 1. The summed E-state index contributed by atoms with van der Waals surface area (Å²) in [6, 6.07) is 12.2. The number of hydrogen-bond acceptors (Lipinski definition) is 3. The van der Waals surface area contributed by atoms with Gasteiger partial charge in [0.1, 0.15) is 5.75 Å². The van der Waals surface area contributed by atoms with Crippen molar-refractivity contribution in [2.45, 2.75) is 13.0 Å². The van der Waals surface area contributed by atoms with Crippen molar-refractivity contribution in [1.29, 1.82) is 0 Å². The van der Waals surface area contributed by atoms with E-state index in [1.54, 1.807) is 25.3 Å². The first kappa shape index (κ1) is 15.2. The number of ether oxygens (including phenoxy) is 1. The molecule has 0 bridgehead atoms. The van der Waals surface area contributed by atoms with Crippen LogP contribution in [0.25, 0.3) is 0 Å². The maximum Gasteiger partial charge on any atom is 0.251 e. The van der Waals surface area contributed by atoms with Gasteiger partial charge in [-0.3, -0.25) is 4.79 Å². The van der Waals surface area contributed by atoms with Gasteiger partial charge in [-0.15, -0.1) is 0 Å². The zero-order valence-corrected chi connectivity index (χ0v) is 12.6. The van der Waals surface area contributed by atoms with Crippen LogP contribution in [0.5, 0.6) is 5.75 Å². The molecule has 2 aromatic carbocycles. The predicted molar refractivity (Wildman–Crippen MR) is 84.7 cm³/mol. The first-order valence-corrected chi connectivity index (χ1v) is 6.89. The summed E-state index contributed by atoms with van der Waals surface area (Å²) in [4.78, 5) is 12.2. The van der Waals surface area contributed by atoms with Crippen LogP contribution in [-0.4, -0.2) is 13.0 Å². The van der Waals surface area contributed by atoms with Gasteiger partial charge in [-0.2, -0.15) is 0 Å². The second kappa shape index (κ2) is 6.50. The average molecular weight is 305 g/mol. The number of rotatable bonds is 4. The number of carbonyl (C=O) groups excluding carboxylic acids is 1. The Balaban J connectivity index is 2.16. The van der Waals surface area contributed by atoms with Gasteiger partial charge in [0, 0.05) is 11.1 Å². The predicted octanol–water partition coefficient (Wildman–Crippen LogP) is 3.42. The topological polar surface area (TPSA) is 64.3 Å². The van der Waals surface area contributed by atoms with E-state index >= 15 is 0 Å². The molecule has 0 aliphatic carbocycles. The Kier molecular flexibility index (Phi) is 4.70. The highest BCUT2D eigenvalue weighted by Crippen LogP contribution is 2.25. The summed E-state index contributed by atoms with van der Waals surface area (Å²) in [5.74, 6) is 0.524. The molecule has 3 N–H and O–H groups in total. The normalized spacial score (nSPS) is 11.8. The average Bonchev–Trinajstić information content (AvgIpc) is 2.49. The van der Waals surface area contributed by atoms with Gasteiger partial charge in [-0.05, 0) is 31.2 Å². The first-order chi connectivity index (χ1) is 10.0. The molecule has 5 heteroatoms. The second-order valence-corrected chi connectivity index (χ2v) is 5.08. The molecule has 110 valence electrons. The minimum Gasteiger partial charge on any atom is -0.496 e. The second-order valence-electron chi connectivity index (χ2n) is 4.67. The van der Waals surface area contributed by atoms with Gasteiger partial charge in [0.25, 0.3) is 5.91 Å². The molecule has 1 unspecified atom stereocenters. The largest absolute Gasteiger partial charge is 0.496 e. The van der Waals surface area contributed by atoms with Crippen LogP contribution in [0.1, 0.15) is 28.9 Å². The molecular formula is C16H17ClN2O2. The molecule has 1 amide bonds. The fourth-order valence-corrected chi connectivity index (χ4v) is 2.23. The van der Waals surface area contributed by atoms with E-state index in [0.29, 0.717) is 16.3 Å². The molecular weight excluding hydrogens is 288 g/mol. The van der Waals surface area contributed by atoms with Crippen LogP contribution < -0.4 is 15.8 Å². The summed E-state index contributed by atoms with van der Waals surface area (Å²) in [5, 5.41) is 3.28. The van der Waals surface area contributed by atoms with Gasteiger partial charge in [-0.1, -0.05) is 29.8 Å². The summed E-state index contributed by atoms with van der Waals surface area (Å²) >= 11 is 5.93. The Hall–Kier alpha value is -2.20. The van der Waals surface area contributed by atoms with Crippen molar-refractivity contribution in [3.8, 4) is 5.75 Å². The highest BCUT2D eigenvalue weighted by molar-refractivity contribution is 6.33. The number of nitrogens with one attached hydrogen (secondary N) is 1. The number of anilines is 1. The highest BCUT2D eigenvalue weighted by Gasteiger charge is 2.15. The molecule has 0 aromatic heterocycles. The number of halogens is 1. The Labute approximate surface area is 128 Å². The van der Waals surface area contributed by atoms with Crippen LogP contribution in [0.3, 0.4) is 0 Å². The first-order valence-electron chi connectivity index (χ1n) is 6.51. The summed E-state index contributed by atoms with van der Waals surface area (Å²) < 4.78 is 5.30. The third-order valence-corrected chi connectivity index (χ3v) is 3.54. The molecule has 0 fully saturated rings. The molecule has 2 rings (SSSR count). The maximum absolute atomic E-state index is 12.2. The lowest BCUT2D eigenvalue weighted by molar-refractivity contribution is 0.0939. The Morgan fingerprint density at radius 3 is 2.67 bits per heavy atom. The van der Waals surface area contributed by atoms with E-state index in [2.05, 4.69) is 5.32 Å². The number of para-hydroxylation sites is 1. The van der Waals surface area contributed by atoms with Crippen molar-refractivity contribution in [3.63, 3.8) is 0 Å². The molecule has 0 saturated carbocycles. The lowest BCUT2D eigenvalue weighted by atomic mass is 10.1. The molecule has 1 atom stereocenters. The SMILES string of the molecule is COc1ccccc1C(C)NC(=O)c1ccc(N)c(Cl)c1. The van der Waals surface area contributed by atoms with Gasteiger partial charge < -0.3 is 15.8 Å². The van der Waals surface area contributed by atoms with E-state index in [-0.39, 0.29) is 11.9 Å². The standard InChI is InChI=1S/C16H17ClN2O2/c1-10(12-5-3-4-6-15(12)21-2)19-16(20)11-7-8-14(18)13(17)9-11/h3-10H,18H2,1-2H3,(H,19,20). The third-order valence-electron chi connectivity index (χ3n) is 3.22. The van der Waals surface area contributed by atoms with Crippen LogP contribution >= 0.6 is 11.6 Å².